The molecule has 0 aromatic heterocycles. The number of halogens is 1. The highest BCUT2D eigenvalue weighted by atomic mass is 35.5. The van der Waals surface area contributed by atoms with E-state index in [-0.39, 0.29) is 5.92 Å². The van der Waals surface area contributed by atoms with Crippen LogP contribution in [-0.4, -0.2) is 15.6 Å². The van der Waals surface area contributed by atoms with Crippen molar-refractivity contribution in [1.29, 1.82) is 0 Å². The summed E-state index contributed by atoms with van der Waals surface area (Å²) in [6, 6.07) is 0. The summed E-state index contributed by atoms with van der Waals surface area (Å²) in [7, 11) is -4.08. The van der Waals surface area contributed by atoms with Gasteiger partial charge in [-0.05, 0) is 17.7 Å². The first-order valence-electron chi connectivity index (χ1n) is 2.81. The zero-order valence-electron chi connectivity index (χ0n) is 5.78. The van der Waals surface area contributed by atoms with Gasteiger partial charge in [-0.2, -0.15) is 0 Å². The fraction of sp³-hybridized carbons (Fsp3) is 1.00. The van der Waals surface area contributed by atoms with Crippen LogP contribution in [0.3, 0.4) is 0 Å². The molecular formula is C4H11ClNO3P. The van der Waals surface area contributed by atoms with E-state index in [2.05, 4.69) is 4.84 Å². The molecule has 0 aromatic carbocycles. The van der Waals surface area contributed by atoms with E-state index in [1.54, 1.807) is 13.8 Å². The van der Waals surface area contributed by atoms with Crippen molar-refractivity contribution in [2.75, 3.05) is 0 Å². The molecule has 1 atom stereocenters. The maximum Gasteiger partial charge on any atom is 0.343 e. The molecule has 0 radical (unpaired) electrons. The van der Waals surface area contributed by atoms with Crippen molar-refractivity contribution in [2.24, 2.45) is 5.92 Å². The van der Waals surface area contributed by atoms with Gasteiger partial charge in [-0.1, -0.05) is 13.8 Å². The highest BCUT2D eigenvalue weighted by Crippen LogP contribution is 2.43. The van der Waals surface area contributed by atoms with E-state index in [1.807, 2.05) is 0 Å². The van der Waals surface area contributed by atoms with Gasteiger partial charge in [-0.3, -0.25) is 4.57 Å². The molecule has 0 saturated carbocycles. The van der Waals surface area contributed by atoms with Crippen LogP contribution in [0.1, 0.15) is 13.8 Å². The van der Waals surface area contributed by atoms with Crippen LogP contribution < -0.4 is 4.84 Å². The summed E-state index contributed by atoms with van der Waals surface area (Å²) in [6.45, 7) is 3.36. The first-order chi connectivity index (χ1) is 4.39. The quantitative estimate of drug-likeness (QED) is 0.453. The zero-order valence-corrected chi connectivity index (χ0v) is 7.43. The Hall–Kier alpha value is 0.400. The third kappa shape index (κ3) is 2.99. The monoisotopic (exact) mass is 187 g/mol. The lowest BCUT2D eigenvalue weighted by Gasteiger charge is -2.19. The molecule has 0 heterocycles. The summed E-state index contributed by atoms with van der Waals surface area (Å²) in [5.41, 5.74) is 0. The number of rotatable bonds is 3. The second-order valence-electron chi connectivity index (χ2n) is 2.39. The molecule has 0 bridgehead atoms. The number of nitrogens with one attached hydrogen (secondary N) is 1. The molecule has 10 heavy (non-hydrogen) atoms. The lowest BCUT2D eigenvalue weighted by Crippen LogP contribution is -2.26. The third-order valence-corrected chi connectivity index (χ3v) is 2.94. The molecule has 0 aromatic rings. The Morgan fingerprint density at radius 2 is 1.90 bits per heavy atom. The van der Waals surface area contributed by atoms with Crippen LogP contribution in [-0.2, 0) is 4.57 Å². The average molecular weight is 188 g/mol. The Labute approximate surface area is 64.9 Å². The molecular weight excluding hydrogens is 176 g/mol. The van der Waals surface area contributed by atoms with Gasteiger partial charge >= 0.3 is 7.60 Å². The van der Waals surface area contributed by atoms with Gasteiger partial charge in [0.1, 0.15) is 5.78 Å². The van der Waals surface area contributed by atoms with Crippen molar-refractivity contribution in [2.45, 2.75) is 19.6 Å². The van der Waals surface area contributed by atoms with E-state index in [4.69, 9.17) is 21.6 Å². The largest absolute Gasteiger partial charge is 0.343 e. The van der Waals surface area contributed by atoms with Crippen LogP contribution in [0.25, 0.3) is 0 Å². The topological polar surface area (TPSA) is 69.6 Å². The maximum absolute atomic E-state index is 10.6. The Morgan fingerprint density at radius 3 is 1.90 bits per heavy atom. The molecule has 62 valence electrons. The minimum Gasteiger partial charge on any atom is -0.323 e. The van der Waals surface area contributed by atoms with Crippen molar-refractivity contribution in [3.63, 3.8) is 0 Å². The van der Waals surface area contributed by atoms with Gasteiger partial charge in [0, 0.05) is 0 Å². The number of hydrogen-bond donors (Lipinski definition) is 3. The molecule has 0 amide bonds. The zero-order chi connectivity index (χ0) is 8.36. The van der Waals surface area contributed by atoms with Gasteiger partial charge in [0.25, 0.3) is 0 Å². The molecule has 0 spiro atoms. The van der Waals surface area contributed by atoms with Gasteiger partial charge in [-0.15, -0.1) is 0 Å². The fourth-order valence-electron chi connectivity index (χ4n) is 0.578. The Morgan fingerprint density at radius 1 is 1.50 bits per heavy atom. The highest BCUT2D eigenvalue weighted by molar-refractivity contribution is 7.52. The van der Waals surface area contributed by atoms with E-state index in [0.717, 1.165) is 0 Å². The summed E-state index contributed by atoms with van der Waals surface area (Å²) in [5.74, 6) is -1.13. The molecule has 0 aliphatic carbocycles. The van der Waals surface area contributed by atoms with Crippen LogP contribution in [0, 0.1) is 5.92 Å². The van der Waals surface area contributed by atoms with Gasteiger partial charge in [0.2, 0.25) is 0 Å². The number of hydrogen-bond acceptors (Lipinski definition) is 2. The second kappa shape index (κ2) is 3.69. The molecule has 0 rings (SSSR count). The van der Waals surface area contributed by atoms with Crippen LogP contribution in [0.15, 0.2) is 0 Å². The van der Waals surface area contributed by atoms with Crippen molar-refractivity contribution < 1.29 is 14.4 Å². The van der Waals surface area contributed by atoms with Crippen LogP contribution in [0.4, 0.5) is 0 Å². The Balaban J connectivity index is 4.22. The molecule has 0 aliphatic heterocycles. The summed E-state index contributed by atoms with van der Waals surface area (Å²) in [5, 5.41) is 0. The van der Waals surface area contributed by atoms with Crippen molar-refractivity contribution >= 4 is 19.4 Å². The van der Waals surface area contributed by atoms with E-state index in [9.17, 15) is 4.57 Å². The first kappa shape index (κ1) is 10.4. The minimum atomic E-state index is -4.08. The van der Waals surface area contributed by atoms with Crippen LogP contribution in [0.2, 0.25) is 0 Å². The summed E-state index contributed by atoms with van der Waals surface area (Å²) in [6.07, 6.45) is 0. The average Bonchev–Trinajstić information content (AvgIpc) is 1.60. The predicted molar refractivity (Wildman–Crippen MR) is 39.7 cm³/mol. The summed E-state index contributed by atoms with van der Waals surface area (Å²) < 4.78 is 10.6. The van der Waals surface area contributed by atoms with E-state index in [0.29, 0.717) is 0 Å². The van der Waals surface area contributed by atoms with E-state index >= 15 is 0 Å². The smallest absolute Gasteiger partial charge is 0.323 e. The van der Waals surface area contributed by atoms with Crippen molar-refractivity contribution in [1.82, 2.24) is 4.84 Å². The van der Waals surface area contributed by atoms with E-state index in [1.165, 1.54) is 0 Å². The standard InChI is InChI=1S/C4H11ClNO3P/c1-3(2)4(6-5)10(7,8)9/h3-4,6H,1-2H3,(H2,7,8,9). The van der Waals surface area contributed by atoms with Crippen LogP contribution >= 0.6 is 19.4 Å². The summed E-state index contributed by atoms with van der Waals surface area (Å²) >= 11 is 5.10. The van der Waals surface area contributed by atoms with Gasteiger partial charge < -0.3 is 9.79 Å². The highest BCUT2D eigenvalue weighted by Gasteiger charge is 2.30. The molecule has 0 saturated heterocycles. The molecule has 6 heteroatoms. The lowest BCUT2D eigenvalue weighted by molar-refractivity contribution is 0.338. The third-order valence-electron chi connectivity index (χ3n) is 1.11. The Bertz CT molecular complexity index is 145. The first-order valence-corrected chi connectivity index (χ1v) is 4.87. The molecule has 0 fully saturated rings. The SMILES string of the molecule is CC(C)C(NCl)P(=O)(O)O. The minimum absolute atomic E-state index is 0.182. The van der Waals surface area contributed by atoms with Crippen LogP contribution in [0.5, 0.6) is 0 Å². The predicted octanol–water partition coefficient (Wildman–Crippen LogP) is 0.890. The van der Waals surface area contributed by atoms with E-state index < -0.39 is 13.4 Å². The molecule has 3 N–H and O–H groups in total. The van der Waals surface area contributed by atoms with Crippen molar-refractivity contribution in [3.8, 4) is 0 Å². The summed E-state index contributed by atoms with van der Waals surface area (Å²) in [4.78, 5) is 19.3. The Kier molecular flexibility index (Phi) is 3.84. The van der Waals surface area contributed by atoms with Gasteiger partial charge in [0.15, 0.2) is 0 Å². The molecule has 4 nitrogen and oxygen atoms in total. The lowest BCUT2D eigenvalue weighted by atomic mass is 10.2. The second-order valence-corrected chi connectivity index (χ2v) is 4.34. The molecule has 1 unspecified atom stereocenters. The fourth-order valence-corrected chi connectivity index (χ4v) is 2.12. The maximum atomic E-state index is 10.6. The van der Waals surface area contributed by atoms with Crippen molar-refractivity contribution in [3.05, 3.63) is 0 Å². The molecule has 0 aliphatic rings. The normalized spacial score (nSPS) is 15.8. The van der Waals surface area contributed by atoms with Gasteiger partial charge in [-0.25, -0.2) is 4.84 Å². The van der Waals surface area contributed by atoms with Gasteiger partial charge in [0.05, 0.1) is 0 Å².